The van der Waals surface area contributed by atoms with Crippen molar-refractivity contribution in [1.29, 1.82) is 0 Å². The van der Waals surface area contributed by atoms with Gasteiger partial charge in [-0.1, -0.05) is 24.3 Å². The van der Waals surface area contributed by atoms with Crippen LogP contribution in [0, 0.1) is 0 Å². The van der Waals surface area contributed by atoms with Gasteiger partial charge in [0.1, 0.15) is 0 Å². The summed E-state index contributed by atoms with van der Waals surface area (Å²) in [5.74, 6) is 0.0132. The highest BCUT2D eigenvalue weighted by atomic mass is 16.5. The van der Waals surface area contributed by atoms with Crippen LogP contribution in [0.2, 0.25) is 0 Å². The number of aromatic nitrogens is 1. The van der Waals surface area contributed by atoms with Gasteiger partial charge in [-0.05, 0) is 24.6 Å². The molecule has 1 aromatic carbocycles. The second kappa shape index (κ2) is 10.8. The number of carbonyl (C=O) groups excluding carboxylic acids is 1. The van der Waals surface area contributed by atoms with Gasteiger partial charge in [-0.2, -0.15) is 0 Å². The van der Waals surface area contributed by atoms with Gasteiger partial charge in [0.25, 0.3) is 5.56 Å². The van der Waals surface area contributed by atoms with E-state index in [9.17, 15) is 9.59 Å². The van der Waals surface area contributed by atoms with Crippen molar-refractivity contribution in [3.8, 4) is 11.1 Å². The lowest BCUT2D eigenvalue weighted by molar-refractivity contribution is 0.101. The van der Waals surface area contributed by atoms with Gasteiger partial charge in [0.05, 0.1) is 13.2 Å². The van der Waals surface area contributed by atoms with Gasteiger partial charge in [0.15, 0.2) is 5.78 Å². The van der Waals surface area contributed by atoms with Crippen molar-refractivity contribution in [3.05, 3.63) is 58.5 Å². The number of ketones is 1. The molecule has 27 heavy (non-hydrogen) atoms. The standard InChI is InChI=1S/C21H28N2O4/c1-17(24)18-6-8-19(9-7-18)20-5-4-10-23(21(20)25)12-11-22(13-15-26-2)14-16-27-3/h4-10H,11-16H2,1-3H3. The van der Waals surface area contributed by atoms with E-state index < -0.39 is 0 Å². The van der Waals surface area contributed by atoms with Crippen LogP contribution in [0.1, 0.15) is 17.3 Å². The van der Waals surface area contributed by atoms with Crippen LogP contribution >= 0.6 is 0 Å². The number of hydrogen-bond donors (Lipinski definition) is 0. The first-order valence-corrected chi connectivity index (χ1v) is 9.08. The zero-order chi connectivity index (χ0) is 19.6. The molecule has 146 valence electrons. The molecule has 0 saturated carbocycles. The molecule has 1 heterocycles. The van der Waals surface area contributed by atoms with Crippen molar-refractivity contribution >= 4 is 5.78 Å². The molecule has 0 radical (unpaired) electrons. The van der Waals surface area contributed by atoms with Crippen LogP contribution in [0.15, 0.2) is 47.4 Å². The molecule has 0 atom stereocenters. The van der Waals surface area contributed by atoms with Gasteiger partial charge in [-0.25, -0.2) is 0 Å². The largest absolute Gasteiger partial charge is 0.383 e. The molecule has 0 saturated heterocycles. The summed E-state index contributed by atoms with van der Waals surface area (Å²) in [6.45, 7) is 5.72. The summed E-state index contributed by atoms with van der Waals surface area (Å²) in [6, 6.07) is 10.8. The molecular weight excluding hydrogens is 344 g/mol. The fourth-order valence-electron chi connectivity index (χ4n) is 2.84. The Kier molecular flexibility index (Phi) is 8.39. The van der Waals surface area contributed by atoms with Crippen molar-refractivity contribution in [2.45, 2.75) is 13.5 Å². The SMILES string of the molecule is COCCN(CCOC)CCn1cccc(-c2ccc(C(C)=O)cc2)c1=O. The summed E-state index contributed by atoms with van der Waals surface area (Å²) in [7, 11) is 3.36. The van der Waals surface area contributed by atoms with Gasteiger partial charge in [0, 0.05) is 57.7 Å². The Morgan fingerprint density at radius 1 is 1.00 bits per heavy atom. The molecule has 0 aliphatic heterocycles. The molecule has 6 heteroatoms. The fraction of sp³-hybridized carbons (Fsp3) is 0.429. The first-order valence-electron chi connectivity index (χ1n) is 9.08. The zero-order valence-corrected chi connectivity index (χ0v) is 16.3. The maximum absolute atomic E-state index is 12.9. The molecule has 0 spiro atoms. The van der Waals surface area contributed by atoms with Crippen molar-refractivity contribution in [2.75, 3.05) is 47.1 Å². The second-order valence-corrected chi connectivity index (χ2v) is 6.38. The number of Topliss-reactive ketones (excluding diaryl/α,β-unsaturated/α-hetero) is 1. The van der Waals surface area contributed by atoms with E-state index in [0.29, 0.717) is 30.9 Å². The third-order valence-corrected chi connectivity index (χ3v) is 4.50. The number of benzene rings is 1. The van der Waals surface area contributed by atoms with Gasteiger partial charge in [-0.3, -0.25) is 14.5 Å². The Balaban J connectivity index is 2.13. The van der Waals surface area contributed by atoms with Gasteiger partial charge < -0.3 is 14.0 Å². The first kappa shape index (κ1) is 21.0. The lowest BCUT2D eigenvalue weighted by Crippen LogP contribution is -2.35. The average Bonchev–Trinajstić information content (AvgIpc) is 2.68. The number of rotatable bonds is 11. The first-order chi connectivity index (χ1) is 13.1. The van der Waals surface area contributed by atoms with Crippen molar-refractivity contribution < 1.29 is 14.3 Å². The summed E-state index contributed by atoms with van der Waals surface area (Å²) in [6.07, 6.45) is 1.81. The van der Waals surface area contributed by atoms with Crippen LogP contribution < -0.4 is 5.56 Å². The van der Waals surface area contributed by atoms with Crippen molar-refractivity contribution in [3.63, 3.8) is 0 Å². The Hall–Kier alpha value is -2.28. The Morgan fingerprint density at radius 2 is 1.63 bits per heavy atom. The van der Waals surface area contributed by atoms with Gasteiger partial charge in [0.2, 0.25) is 0 Å². The van der Waals surface area contributed by atoms with Gasteiger partial charge in [-0.15, -0.1) is 0 Å². The number of carbonyl (C=O) groups is 1. The molecule has 2 rings (SSSR count). The number of hydrogen-bond acceptors (Lipinski definition) is 5. The summed E-state index contributed by atoms with van der Waals surface area (Å²) < 4.78 is 12.0. The maximum atomic E-state index is 12.9. The Labute approximate surface area is 160 Å². The molecule has 0 aliphatic carbocycles. The predicted octanol–water partition coefficient (Wildman–Crippen LogP) is 2.31. The molecule has 0 N–H and O–H groups in total. The van der Waals surface area contributed by atoms with Crippen LogP contribution in [0.25, 0.3) is 11.1 Å². The van der Waals surface area contributed by atoms with E-state index in [-0.39, 0.29) is 11.3 Å². The Bertz CT molecular complexity index is 776. The molecule has 0 bridgehead atoms. The zero-order valence-electron chi connectivity index (χ0n) is 16.3. The molecule has 2 aromatic rings. The minimum atomic E-state index is -0.0356. The quantitative estimate of drug-likeness (QED) is 0.567. The van der Waals surface area contributed by atoms with Crippen LogP contribution in [0.3, 0.4) is 0 Å². The van der Waals surface area contributed by atoms with E-state index in [1.165, 1.54) is 6.92 Å². The van der Waals surface area contributed by atoms with Crippen LogP contribution in [-0.2, 0) is 16.0 Å². The average molecular weight is 372 g/mol. The van der Waals surface area contributed by atoms with E-state index in [4.69, 9.17) is 9.47 Å². The Morgan fingerprint density at radius 3 is 2.19 bits per heavy atom. The summed E-state index contributed by atoms with van der Waals surface area (Å²) in [4.78, 5) is 26.5. The van der Waals surface area contributed by atoms with Crippen LogP contribution in [0.4, 0.5) is 0 Å². The normalized spacial score (nSPS) is 11.1. The lowest BCUT2D eigenvalue weighted by Gasteiger charge is -2.22. The lowest BCUT2D eigenvalue weighted by atomic mass is 10.0. The minimum Gasteiger partial charge on any atom is -0.383 e. The molecule has 6 nitrogen and oxygen atoms in total. The monoisotopic (exact) mass is 372 g/mol. The number of ether oxygens (including phenoxy) is 2. The number of nitrogens with zero attached hydrogens (tertiary/aromatic N) is 2. The topological polar surface area (TPSA) is 60.8 Å². The van der Waals surface area contributed by atoms with Crippen molar-refractivity contribution in [2.24, 2.45) is 0 Å². The van der Waals surface area contributed by atoms with Crippen LogP contribution in [0.5, 0.6) is 0 Å². The molecule has 0 amide bonds. The molecule has 0 aliphatic rings. The minimum absolute atomic E-state index is 0.0132. The predicted molar refractivity (Wildman–Crippen MR) is 106 cm³/mol. The van der Waals surface area contributed by atoms with E-state index in [1.807, 2.05) is 24.3 Å². The highest BCUT2D eigenvalue weighted by Crippen LogP contribution is 2.16. The highest BCUT2D eigenvalue weighted by molar-refractivity contribution is 5.94. The maximum Gasteiger partial charge on any atom is 0.258 e. The molecule has 1 aromatic heterocycles. The van der Waals surface area contributed by atoms with Gasteiger partial charge >= 0.3 is 0 Å². The summed E-state index contributed by atoms with van der Waals surface area (Å²) in [5, 5.41) is 0. The van der Waals surface area contributed by atoms with E-state index >= 15 is 0 Å². The molecular formula is C21H28N2O4. The number of pyridine rings is 1. The third-order valence-electron chi connectivity index (χ3n) is 4.50. The van der Waals surface area contributed by atoms with E-state index in [0.717, 1.165) is 25.2 Å². The second-order valence-electron chi connectivity index (χ2n) is 6.38. The van der Waals surface area contributed by atoms with E-state index in [1.54, 1.807) is 37.1 Å². The molecule has 0 unspecified atom stereocenters. The highest BCUT2D eigenvalue weighted by Gasteiger charge is 2.09. The van der Waals surface area contributed by atoms with Crippen molar-refractivity contribution in [1.82, 2.24) is 9.47 Å². The summed E-state index contributed by atoms with van der Waals surface area (Å²) >= 11 is 0. The van der Waals surface area contributed by atoms with E-state index in [2.05, 4.69) is 4.90 Å². The number of methoxy groups -OCH3 is 2. The third kappa shape index (κ3) is 6.13. The molecule has 0 fully saturated rings. The fourth-order valence-corrected chi connectivity index (χ4v) is 2.84. The van der Waals surface area contributed by atoms with Crippen LogP contribution in [-0.4, -0.2) is 62.3 Å². The summed E-state index contributed by atoms with van der Waals surface area (Å²) in [5.41, 5.74) is 2.05. The smallest absolute Gasteiger partial charge is 0.258 e.